The fourth-order valence-corrected chi connectivity index (χ4v) is 3.71. The lowest BCUT2D eigenvalue weighted by Crippen LogP contribution is -2.18. The van der Waals surface area contributed by atoms with Crippen molar-refractivity contribution >= 4 is 34.4 Å². The van der Waals surface area contributed by atoms with Crippen LogP contribution in [0.3, 0.4) is 0 Å². The van der Waals surface area contributed by atoms with Gasteiger partial charge in [0.15, 0.2) is 0 Å². The van der Waals surface area contributed by atoms with Gasteiger partial charge in [-0.2, -0.15) is 13.2 Å². The van der Waals surface area contributed by atoms with Crippen LogP contribution < -0.4 is 0 Å². The van der Waals surface area contributed by atoms with E-state index >= 15 is 0 Å². The van der Waals surface area contributed by atoms with Crippen molar-refractivity contribution in [3.63, 3.8) is 0 Å². The smallest absolute Gasteiger partial charge is 0.390 e. The number of aryl methyl sites for hydroxylation is 2. The number of fused-ring (bicyclic) bond motifs is 1. The Balaban J connectivity index is 1.67. The first-order valence-electron chi connectivity index (χ1n) is 8.11. The largest absolute Gasteiger partial charge is 0.417 e. The van der Waals surface area contributed by atoms with Crippen LogP contribution in [0.1, 0.15) is 16.7 Å². The van der Waals surface area contributed by atoms with Gasteiger partial charge >= 0.3 is 6.18 Å². The summed E-state index contributed by atoms with van der Waals surface area (Å²) in [7, 11) is 0. The summed E-state index contributed by atoms with van der Waals surface area (Å²) in [6, 6.07) is 4.86. The van der Waals surface area contributed by atoms with E-state index in [0.29, 0.717) is 6.54 Å². The van der Waals surface area contributed by atoms with E-state index in [9.17, 15) is 18.3 Å². The Bertz CT molecular complexity index is 974. The average molecular weight is 416 g/mol. The highest BCUT2D eigenvalue weighted by Gasteiger charge is 2.31. The van der Waals surface area contributed by atoms with Gasteiger partial charge in [-0.1, -0.05) is 11.6 Å². The summed E-state index contributed by atoms with van der Waals surface area (Å²) in [6.07, 6.45) is -2.82. The minimum atomic E-state index is -4.49. The van der Waals surface area contributed by atoms with Crippen molar-refractivity contribution in [3.05, 3.63) is 52.4 Å². The molecule has 0 saturated heterocycles. The summed E-state index contributed by atoms with van der Waals surface area (Å²) in [4.78, 5) is 8.11. The number of rotatable bonds is 5. The van der Waals surface area contributed by atoms with Gasteiger partial charge in [-0.15, -0.1) is 11.8 Å². The van der Waals surface area contributed by atoms with Crippen LogP contribution in [0.25, 0.3) is 11.0 Å². The topological polar surface area (TPSA) is 50.9 Å². The quantitative estimate of drug-likeness (QED) is 0.604. The molecule has 4 nitrogen and oxygen atoms in total. The number of thioether (sulfide) groups is 1. The number of nitrogens with zero attached hydrogens (tertiary/aromatic N) is 3. The van der Waals surface area contributed by atoms with Crippen LogP contribution in [0.15, 0.2) is 35.7 Å². The zero-order valence-electron chi connectivity index (χ0n) is 14.6. The maximum absolute atomic E-state index is 12.7. The summed E-state index contributed by atoms with van der Waals surface area (Å²) >= 11 is 7.00. The number of hydrogen-bond donors (Lipinski definition) is 1. The van der Waals surface area contributed by atoms with Crippen LogP contribution in [0.4, 0.5) is 13.2 Å². The van der Waals surface area contributed by atoms with Crippen LogP contribution in [-0.2, 0) is 12.7 Å². The maximum atomic E-state index is 12.7. The molecule has 0 bridgehead atoms. The van der Waals surface area contributed by atoms with Crippen molar-refractivity contribution in [3.8, 4) is 0 Å². The molecular formula is C18H17ClF3N3OS. The molecule has 9 heteroatoms. The van der Waals surface area contributed by atoms with E-state index in [4.69, 9.17) is 11.6 Å². The molecule has 0 amide bonds. The average Bonchev–Trinajstić information content (AvgIpc) is 2.95. The summed E-state index contributed by atoms with van der Waals surface area (Å²) in [6.45, 7) is 4.33. The van der Waals surface area contributed by atoms with Gasteiger partial charge in [-0.3, -0.25) is 0 Å². The lowest BCUT2D eigenvalue weighted by atomic mass is 10.1. The number of pyridine rings is 1. The zero-order valence-corrected chi connectivity index (χ0v) is 16.2. The highest BCUT2D eigenvalue weighted by Crippen LogP contribution is 2.34. The summed E-state index contributed by atoms with van der Waals surface area (Å²) in [5.74, 6) is 0.239. The number of aliphatic hydroxyl groups is 1. The van der Waals surface area contributed by atoms with Gasteiger partial charge in [-0.25, -0.2) is 9.97 Å². The van der Waals surface area contributed by atoms with Crippen LogP contribution >= 0.6 is 23.4 Å². The first-order chi connectivity index (χ1) is 12.6. The Morgan fingerprint density at radius 2 is 1.89 bits per heavy atom. The van der Waals surface area contributed by atoms with Gasteiger partial charge in [0.2, 0.25) is 0 Å². The van der Waals surface area contributed by atoms with Crippen LogP contribution in [0.5, 0.6) is 0 Å². The molecule has 0 aliphatic rings. The SMILES string of the molecule is Cc1cc2ncn(C[C@H](O)CSc3ncc(C(F)(F)F)cc3Cl)c2cc1C. The monoisotopic (exact) mass is 415 g/mol. The highest BCUT2D eigenvalue weighted by atomic mass is 35.5. The molecule has 27 heavy (non-hydrogen) atoms. The third kappa shape index (κ3) is 4.56. The lowest BCUT2D eigenvalue weighted by molar-refractivity contribution is -0.137. The second kappa shape index (κ2) is 7.69. The Labute approximate surface area is 163 Å². The van der Waals surface area contributed by atoms with Crippen LogP contribution in [-0.4, -0.2) is 31.5 Å². The third-order valence-corrected chi connectivity index (χ3v) is 5.74. The first-order valence-corrected chi connectivity index (χ1v) is 9.47. The second-order valence-electron chi connectivity index (χ2n) is 6.30. The van der Waals surface area contributed by atoms with Gasteiger partial charge in [-0.05, 0) is 43.2 Å². The van der Waals surface area contributed by atoms with Crippen molar-refractivity contribution < 1.29 is 18.3 Å². The number of benzene rings is 1. The van der Waals surface area contributed by atoms with E-state index < -0.39 is 17.8 Å². The van der Waals surface area contributed by atoms with E-state index in [1.165, 1.54) is 0 Å². The predicted molar refractivity (Wildman–Crippen MR) is 100 cm³/mol. The van der Waals surface area contributed by atoms with Gasteiger partial charge in [0.1, 0.15) is 5.03 Å². The van der Waals surface area contributed by atoms with Crippen molar-refractivity contribution in [1.82, 2.24) is 14.5 Å². The molecule has 0 radical (unpaired) electrons. The fourth-order valence-electron chi connectivity index (χ4n) is 2.60. The lowest BCUT2D eigenvalue weighted by Gasteiger charge is -2.13. The van der Waals surface area contributed by atoms with Crippen LogP contribution in [0.2, 0.25) is 5.02 Å². The molecule has 0 aliphatic heterocycles. The Hall–Kier alpha value is -1.77. The second-order valence-corrected chi connectivity index (χ2v) is 7.71. The first kappa shape index (κ1) is 20.0. The highest BCUT2D eigenvalue weighted by molar-refractivity contribution is 7.99. The molecule has 3 rings (SSSR count). The molecule has 3 aromatic rings. The van der Waals surface area contributed by atoms with E-state index in [1.54, 1.807) is 6.33 Å². The number of hydrogen-bond acceptors (Lipinski definition) is 4. The van der Waals surface area contributed by atoms with Gasteiger partial charge < -0.3 is 9.67 Å². The van der Waals surface area contributed by atoms with Crippen molar-refractivity contribution in [2.45, 2.75) is 37.7 Å². The zero-order chi connectivity index (χ0) is 19.8. The minimum Gasteiger partial charge on any atom is -0.390 e. The fraction of sp³-hybridized carbons (Fsp3) is 0.333. The normalized spacial score (nSPS) is 13.3. The number of aliphatic hydroxyl groups excluding tert-OH is 1. The maximum Gasteiger partial charge on any atom is 0.417 e. The van der Waals surface area contributed by atoms with Crippen molar-refractivity contribution in [2.24, 2.45) is 0 Å². The van der Waals surface area contributed by atoms with Gasteiger partial charge in [0.05, 0.1) is 40.6 Å². The molecule has 0 aliphatic carbocycles. The minimum absolute atomic E-state index is 0.0822. The predicted octanol–water partition coefficient (Wildman–Crippen LogP) is 4.87. The molecule has 0 unspecified atom stereocenters. The van der Waals surface area contributed by atoms with E-state index in [0.717, 1.165) is 46.2 Å². The molecule has 0 fully saturated rings. The van der Waals surface area contributed by atoms with Gasteiger partial charge in [0.25, 0.3) is 0 Å². The Morgan fingerprint density at radius 3 is 2.56 bits per heavy atom. The molecule has 1 N–H and O–H groups in total. The summed E-state index contributed by atoms with van der Waals surface area (Å²) in [5.41, 5.74) is 3.16. The molecule has 1 atom stereocenters. The van der Waals surface area contributed by atoms with Crippen molar-refractivity contribution in [1.29, 1.82) is 0 Å². The van der Waals surface area contributed by atoms with Gasteiger partial charge in [0, 0.05) is 11.9 Å². The Morgan fingerprint density at radius 1 is 1.19 bits per heavy atom. The number of halogens is 4. The summed E-state index contributed by atoms with van der Waals surface area (Å²) in [5, 5.41) is 10.5. The summed E-state index contributed by atoms with van der Waals surface area (Å²) < 4.78 is 39.8. The molecule has 0 saturated carbocycles. The number of imidazole rings is 1. The molecule has 2 heterocycles. The molecule has 144 valence electrons. The molecule has 1 aromatic carbocycles. The van der Waals surface area contributed by atoms with E-state index in [2.05, 4.69) is 9.97 Å². The van der Waals surface area contributed by atoms with E-state index in [1.807, 2.05) is 30.5 Å². The molecule has 2 aromatic heterocycles. The molecular weight excluding hydrogens is 399 g/mol. The molecule has 0 spiro atoms. The van der Waals surface area contributed by atoms with Crippen LogP contribution in [0, 0.1) is 13.8 Å². The third-order valence-electron chi connectivity index (χ3n) is 4.19. The number of aromatic nitrogens is 3. The Kier molecular flexibility index (Phi) is 5.69. The van der Waals surface area contributed by atoms with Crippen molar-refractivity contribution in [2.75, 3.05) is 5.75 Å². The number of alkyl halides is 3. The standard InChI is InChI=1S/C18H17ClF3N3OS/c1-10-3-15-16(4-11(10)2)25(9-24-15)7-13(26)8-27-17-14(19)5-12(6-23-17)18(20,21)22/h3-6,9,13,26H,7-8H2,1-2H3/t13-/m0/s1. The van der Waals surface area contributed by atoms with E-state index in [-0.39, 0.29) is 15.8 Å².